The molecule has 0 saturated carbocycles. The summed E-state index contributed by atoms with van der Waals surface area (Å²) in [4.78, 5) is 27.6. The summed E-state index contributed by atoms with van der Waals surface area (Å²) in [6, 6.07) is 5.87. The lowest BCUT2D eigenvalue weighted by Gasteiger charge is -2.35. The first-order chi connectivity index (χ1) is 11.6. The molecule has 1 fully saturated rings. The monoisotopic (exact) mass is 346 g/mol. The standard InChI is InChI=1S/C17H22N4O2S/c1-13(22)18-11-15-6-7-16(24-15)17(23)21-10-3-2-5-14(21)12-20-9-4-8-19-20/h4,6-9,14H,2-3,5,10-12H2,1H3,(H,18,22)/t14-/m0/s1. The van der Waals surface area contributed by atoms with E-state index in [1.54, 1.807) is 6.20 Å². The molecule has 0 aliphatic carbocycles. The van der Waals surface area contributed by atoms with Crippen molar-refractivity contribution in [1.29, 1.82) is 0 Å². The third kappa shape index (κ3) is 4.03. The summed E-state index contributed by atoms with van der Waals surface area (Å²) < 4.78 is 1.90. The molecule has 1 atom stereocenters. The molecule has 3 rings (SSSR count). The van der Waals surface area contributed by atoms with Crippen LogP contribution in [0.4, 0.5) is 0 Å². The second-order valence-electron chi connectivity index (χ2n) is 6.05. The first-order valence-corrected chi connectivity index (χ1v) is 9.06. The van der Waals surface area contributed by atoms with Gasteiger partial charge in [-0.1, -0.05) is 0 Å². The number of piperidine rings is 1. The summed E-state index contributed by atoms with van der Waals surface area (Å²) >= 11 is 1.46. The molecule has 2 amide bonds. The van der Waals surface area contributed by atoms with Gasteiger partial charge >= 0.3 is 0 Å². The topological polar surface area (TPSA) is 67.2 Å². The fourth-order valence-electron chi connectivity index (χ4n) is 3.02. The summed E-state index contributed by atoms with van der Waals surface area (Å²) in [5.74, 6) is 0.0255. The smallest absolute Gasteiger partial charge is 0.264 e. The highest BCUT2D eigenvalue weighted by Gasteiger charge is 2.28. The minimum absolute atomic E-state index is 0.0633. The highest BCUT2D eigenvalue weighted by molar-refractivity contribution is 7.14. The van der Waals surface area contributed by atoms with Crippen LogP contribution in [0.1, 0.15) is 40.7 Å². The number of hydrogen-bond acceptors (Lipinski definition) is 4. The van der Waals surface area contributed by atoms with E-state index in [2.05, 4.69) is 10.4 Å². The molecule has 24 heavy (non-hydrogen) atoms. The van der Waals surface area contributed by atoms with Gasteiger partial charge in [0.25, 0.3) is 5.91 Å². The van der Waals surface area contributed by atoms with Crippen molar-refractivity contribution >= 4 is 23.2 Å². The molecule has 0 bridgehead atoms. The fourth-order valence-corrected chi connectivity index (χ4v) is 3.93. The zero-order chi connectivity index (χ0) is 16.9. The van der Waals surface area contributed by atoms with Gasteiger partial charge in [-0.25, -0.2) is 0 Å². The lowest BCUT2D eigenvalue weighted by atomic mass is 10.0. The Morgan fingerprint density at radius 1 is 1.38 bits per heavy atom. The van der Waals surface area contributed by atoms with E-state index in [1.807, 2.05) is 34.0 Å². The van der Waals surface area contributed by atoms with Crippen molar-refractivity contribution in [3.8, 4) is 0 Å². The Hall–Kier alpha value is -2.15. The molecule has 2 aromatic heterocycles. The molecule has 128 valence electrons. The van der Waals surface area contributed by atoms with E-state index < -0.39 is 0 Å². The quantitative estimate of drug-likeness (QED) is 0.903. The number of carbonyl (C=O) groups excluding carboxylic acids is 2. The number of rotatable bonds is 5. The molecule has 1 saturated heterocycles. The molecule has 1 aliphatic rings. The summed E-state index contributed by atoms with van der Waals surface area (Å²) in [7, 11) is 0. The molecule has 0 unspecified atom stereocenters. The molecule has 1 N–H and O–H groups in total. The van der Waals surface area contributed by atoms with E-state index in [9.17, 15) is 9.59 Å². The molecule has 2 aromatic rings. The number of hydrogen-bond donors (Lipinski definition) is 1. The van der Waals surface area contributed by atoms with Gasteiger partial charge in [0, 0.05) is 30.7 Å². The highest BCUT2D eigenvalue weighted by Crippen LogP contribution is 2.24. The second-order valence-corrected chi connectivity index (χ2v) is 7.22. The predicted octanol–water partition coefficient (Wildman–Crippen LogP) is 2.28. The average Bonchev–Trinajstić information content (AvgIpc) is 3.24. The van der Waals surface area contributed by atoms with Crippen LogP contribution in [0.5, 0.6) is 0 Å². The van der Waals surface area contributed by atoms with Crippen molar-refractivity contribution in [2.75, 3.05) is 6.54 Å². The van der Waals surface area contributed by atoms with Crippen LogP contribution in [-0.4, -0.2) is 39.1 Å². The number of likely N-dealkylation sites (tertiary alicyclic amines) is 1. The zero-order valence-corrected chi connectivity index (χ0v) is 14.6. The third-order valence-corrected chi connectivity index (χ3v) is 5.30. The number of nitrogens with one attached hydrogen (secondary N) is 1. The summed E-state index contributed by atoms with van der Waals surface area (Å²) in [5, 5.41) is 7.03. The molecule has 3 heterocycles. The molecule has 6 nitrogen and oxygen atoms in total. The lowest BCUT2D eigenvalue weighted by molar-refractivity contribution is -0.119. The van der Waals surface area contributed by atoms with Crippen molar-refractivity contribution in [2.45, 2.75) is 45.3 Å². The van der Waals surface area contributed by atoms with E-state index in [0.29, 0.717) is 6.54 Å². The molecular weight excluding hydrogens is 324 g/mol. The largest absolute Gasteiger partial charge is 0.351 e. The number of carbonyl (C=O) groups is 2. The van der Waals surface area contributed by atoms with Crippen LogP contribution >= 0.6 is 11.3 Å². The van der Waals surface area contributed by atoms with Gasteiger partial charge in [-0.2, -0.15) is 5.10 Å². The molecule has 1 aliphatic heterocycles. The van der Waals surface area contributed by atoms with Gasteiger partial charge in [-0.05, 0) is 37.5 Å². The van der Waals surface area contributed by atoms with E-state index in [4.69, 9.17) is 0 Å². The van der Waals surface area contributed by atoms with Gasteiger partial charge in [-0.3, -0.25) is 14.3 Å². The molecule has 7 heteroatoms. The molecule has 0 radical (unpaired) electrons. The first-order valence-electron chi connectivity index (χ1n) is 8.25. The normalized spacial score (nSPS) is 17.7. The molecule has 0 spiro atoms. The third-order valence-electron chi connectivity index (χ3n) is 4.23. The number of thiophene rings is 1. The van der Waals surface area contributed by atoms with Gasteiger partial charge in [-0.15, -0.1) is 11.3 Å². The second kappa shape index (κ2) is 7.61. The van der Waals surface area contributed by atoms with E-state index in [-0.39, 0.29) is 17.9 Å². The minimum atomic E-state index is -0.0633. The number of aromatic nitrogens is 2. The van der Waals surface area contributed by atoms with Crippen molar-refractivity contribution in [3.05, 3.63) is 40.3 Å². The summed E-state index contributed by atoms with van der Waals surface area (Å²) in [6.45, 7) is 3.50. The fraction of sp³-hybridized carbons (Fsp3) is 0.471. The van der Waals surface area contributed by atoms with Gasteiger partial charge in [0.1, 0.15) is 0 Å². The van der Waals surface area contributed by atoms with Crippen LogP contribution in [0.2, 0.25) is 0 Å². The number of nitrogens with zero attached hydrogens (tertiary/aromatic N) is 3. The number of amides is 2. The van der Waals surface area contributed by atoms with Gasteiger partial charge in [0.05, 0.1) is 24.0 Å². The summed E-state index contributed by atoms with van der Waals surface area (Å²) in [5.41, 5.74) is 0. The Morgan fingerprint density at radius 2 is 2.25 bits per heavy atom. The lowest BCUT2D eigenvalue weighted by Crippen LogP contribution is -2.45. The van der Waals surface area contributed by atoms with Gasteiger partial charge in [0.15, 0.2) is 0 Å². The highest BCUT2D eigenvalue weighted by atomic mass is 32.1. The van der Waals surface area contributed by atoms with Crippen molar-refractivity contribution in [2.24, 2.45) is 0 Å². The summed E-state index contributed by atoms with van der Waals surface area (Å²) in [6.07, 6.45) is 6.91. The maximum absolute atomic E-state index is 12.9. The van der Waals surface area contributed by atoms with Gasteiger partial charge < -0.3 is 10.2 Å². The maximum Gasteiger partial charge on any atom is 0.264 e. The first kappa shape index (κ1) is 16.7. The van der Waals surface area contributed by atoms with Crippen molar-refractivity contribution in [3.63, 3.8) is 0 Å². The van der Waals surface area contributed by atoms with Crippen LogP contribution in [0, 0.1) is 0 Å². The maximum atomic E-state index is 12.9. The van der Waals surface area contributed by atoms with E-state index in [1.165, 1.54) is 18.3 Å². The zero-order valence-electron chi connectivity index (χ0n) is 13.8. The van der Waals surface area contributed by atoms with Crippen LogP contribution in [-0.2, 0) is 17.9 Å². The Morgan fingerprint density at radius 3 is 3.00 bits per heavy atom. The molecule has 0 aromatic carbocycles. The molecular formula is C17H22N4O2S. The van der Waals surface area contributed by atoms with Crippen molar-refractivity contribution < 1.29 is 9.59 Å². The predicted molar refractivity (Wildman–Crippen MR) is 92.7 cm³/mol. The Kier molecular flexibility index (Phi) is 5.30. The SMILES string of the molecule is CC(=O)NCc1ccc(C(=O)N2CCCC[C@H]2Cn2cccn2)s1. The van der Waals surface area contributed by atoms with Crippen LogP contribution in [0.25, 0.3) is 0 Å². The van der Waals surface area contributed by atoms with Crippen LogP contribution < -0.4 is 5.32 Å². The van der Waals surface area contributed by atoms with Gasteiger partial charge in [0.2, 0.25) is 5.91 Å². The minimum Gasteiger partial charge on any atom is -0.351 e. The Bertz CT molecular complexity index is 695. The Labute approximate surface area is 145 Å². The van der Waals surface area contributed by atoms with Crippen molar-refractivity contribution in [1.82, 2.24) is 20.0 Å². The van der Waals surface area contributed by atoms with E-state index in [0.717, 1.165) is 42.1 Å². The van der Waals surface area contributed by atoms with Crippen LogP contribution in [0.15, 0.2) is 30.6 Å². The average molecular weight is 346 g/mol. The van der Waals surface area contributed by atoms with Crippen LogP contribution in [0.3, 0.4) is 0 Å². The Balaban J connectivity index is 1.68. The van der Waals surface area contributed by atoms with E-state index >= 15 is 0 Å².